The van der Waals surface area contributed by atoms with Gasteiger partial charge in [-0.15, -0.1) is 12.4 Å². The predicted molar refractivity (Wildman–Crippen MR) is 105 cm³/mol. The highest BCUT2D eigenvalue weighted by molar-refractivity contribution is 5.85. The second-order valence-corrected chi connectivity index (χ2v) is 7.55. The lowest BCUT2D eigenvalue weighted by molar-refractivity contribution is -0.138. The van der Waals surface area contributed by atoms with E-state index in [1.165, 1.54) is 0 Å². The summed E-state index contributed by atoms with van der Waals surface area (Å²) in [5, 5.41) is 6.56. The first-order valence-electron chi connectivity index (χ1n) is 9.85. The monoisotopic (exact) mass is 389 g/mol. The highest BCUT2D eigenvalue weighted by Crippen LogP contribution is 2.30. The first kappa shape index (κ1) is 23.2. The number of nitrogens with zero attached hydrogens (tertiary/aromatic N) is 1. The summed E-state index contributed by atoms with van der Waals surface area (Å²) in [5.74, 6) is 0.551. The fourth-order valence-corrected chi connectivity index (χ4v) is 4.10. The lowest BCUT2D eigenvalue weighted by atomic mass is 9.78. The van der Waals surface area contributed by atoms with Gasteiger partial charge in [-0.2, -0.15) is 0 Å². The molecule has 7 heteroatoms. The fraction of sp³-hybridized carbons (Fsp3) is 0.895. The van der Waals surface area contributed by atoms with Gasteiger partial charge in [-0.1, -0.05) is 13.8 Å². The number of methoxy groups -OCH3 is 1. The van der Waals surface area contributed by atoms with Gasteiger partial charge in [0.25, 0.3) is 0 Å². The predicted octanol–water partition coefficient (Wildman–Crippen LogP) is 1.97. The van der Waals surface area contributed by atoms with E-state index in [2.05, 4.69) is 24.5 Å². The fourth-order valence-electron chi connectivity index (χ4n) is 4.10. The smallest absolute Gasteiger partial charge is 0.228 e. The molecule has 0 radical (unpaired) electrons. The standard InChI is InChI=1S/C19H35N3O3.ClH/c1-4-15(5-2)17(23)22-12-6-16(7-13-22)21-18(24)19(14-25-3)8-10-20-11-9-19;/h15-16,20H,4-14H2,1-3H3,(H,21,24);1H. The van der Waals surface area contributed by atoms with E-state index in [1.807, 2.05) is 4.90 Å². The van der Waals surface area contributed by atoms with Gasteiger partial charge in [0.15, 0.2) is 0 Å². The summed E-state index contributed by atoms with van der Waals surface area (Å²) in [4.78, 5) is 27.4. The Labute approximate surface area is 164 Å². The van der Waals surface area contributed by atoms with Gasteiger partial charge >= 0.3 is 0 Å². The average Bonchev–Trinajstić information content (AvgIpc) is 2.64. The van der Waals surface area contributed by atoms with E-state index < -0.39 is 5.41 Å². The molecule has 0 unspecified atom stereocenters. The first-order valence-corrected chi connectivity index (χ1v) is 9.85. The summed E-state index contributed by atoms with van der Waals surface area (Å²) in [6.45, 7) is 7.85. The highest BCUT2D eigenvalue weighted by Gasteiger charge is 2.40. The Morgan fingerprint density at radius 3 is 2.27 bits per heavy atom. The molecule has 0 spiro atoms. The van der Waals surface area contributed by atoms with E-state index in [1.54, 1.807) is 7.11 Å². The average molecular weight is 390 g/mol. The van der Waals surface area contributed by atoms with Gasteiger partial charge < -0.3 is 20.3 Å². The molecule has 2 amide bonds. The van der Waals surface area contributed by atoms with E-state index in [-0.39, 0.29) is 36.2 Å². The van der Waals surface area contributed by atoms with Crippen LogP contribution < -0.4 is 10.6 Å². The minimum atomic E-state index is -0.400. The maximum atomic E-state index is 12.9. The molecule has 6 nitrogen and oxygen atoms in total. The van der Waals surface area contributed by atoms with Crippen molar-refractivity contribution < 1.29 is 14.3 Å². The number of rotatable bonds is 7. The van der Waals surface area contributed by atoms with Crippen LogP contribution in [0.5, 0.6) is 0 Å². The SMILES string of the molecule is CCC(CC)C(=O)N1CCC(NC(=O)C2(COC)CCNCC2)CC1.Cl. The van der Waals surface area contributed by atoms with Gasteiger partial charge in [0.2, 0.25) is 11.8 Å². The molecule has 0 aromatic heterocycles. The zero-order valence-electron chi connectivity index (χ0n) is 16.5. The largest absolute Gasteiger partial charge is 0.384 e. The normalized spacial score (nSPS) is 20.5. The number of carbonyl (C=O) groups excluding carboxylic acids is 2. The molecule has 2 heterocycles. The minimum Gasteiger partial charge on any atom is -0.384 e. The van der Waals surface area contributed by atoms with Crippen LogP contribution in [0.25, 0.3) is 0 Å². The number of likely N-dealkylation sites (tertiary alicyclic amines) is 1. The molecule has 0 atom stereocenters. The van der Waals surface area contributed by atoms with E-state index >= 15 is 0 Å². The molecule has 0 aromatic carbocycles. The summed E-state index contributed by atoms with van der Waals surface area (Å²) >= 11 is 0. The maximum absolute atomic E-state index is 12.9. The van der Waals surface area contributed by atoms with Gasteiger partial charge in [-0.25, -0.2) is 0 Å². The third-order valence-corrected chi connectivity index (χ3v) is 5.94. The van der Waals surface area contributed by atoms with Gasteiger partial charge in [-0.05, 0) is 51.6 Å². The molecule has 2 fully saturated rings. The Kier molecular flexibility index (Phi) is 9.90. The summed E-state index contributed by atoms with van der Waals surface area (Å²) in [7, 11) is 1.67. The highest BCUT2D eigenvalue weighted by atomic mass is 35.5. The van der Waals surface area contributed by atoms with Crippen LogP contribution >= 0.6 is 12.4 Å². The van der Waals surface area contributed by atoms with Crippen LogP contribution in [0, 0.1) is 11.3 Å². The molecule has 0 saturated carbocycles. The number of piperidine rings is 2. The van der Waals surface area contributed by atoms with Crippen molar-refractivity contribution in [2.75, 3.05) is 39.9 Å². The van der Waals surface area contributed by atoms with Gasteiger partial charge in [0.1, 0.15) is 0 Å². The van der Waals surface area contributed by atoms with Crippen LogP contribution in [-0.2, 0) is 14.3 Å². The molecule has 0 aromatic rings. The van der Waals surface area contributed by atoms with Crippen molar-refractivity contribution >= 4 is 24.2 Å². The molecular weight excluding hydrogens is 354 g/mol. The van der Waals surface area contributed by atoms with E-state index in [0.717, 1.165) is 64.7 Å². The number of halogens is 1. The first-order chi connectivity index (χ1) is 12.1. The van der Waals surface area contributed by atoms with Crippen LogP contribution in [0.15, 0.2) is 0 Å². The zero-order valence-corrected chi connectivity index (χ0v) is 17.3. The Morgan fingerprint density at radius 1 is 1.19 bits per heavy atom. The number of amides is 2. The Balaban J connectivity index is 0.00000338. The summed E-state index contributed by atoms with van der Waals surface area (Å²) in [6, 6.07) is 0.168. The van der Waals surface area contributed by atoms with Crippen LogP contribution in [0.1, 0.15) is 52.4 Å². The van der Waals surface area contributed by atoms with Crippen LogP contribution in [0.3, 0.4) is 0 Å². The van der Waals surface area contributed by atoms with Crippen molar-refractivity contribution in [3.63, 3.8) is 0 Å². The second kappa shape index (κ2) is 11.1. The Bertz CT molecular complexity index is 438. The number of nitrogens with one attached hydrogen (secondary N) is 2. The number of carbonyl (C=O) groups is 2. The minimum absolute atomic E-state index is 0. The van der Waals surface area contributed by atoms with Crippen molar-refractivity contribution in [2.24, 2.45) is 11.3 Å². The summed E-state index contributed by atoms with van der Waals surface area (Å²) in [6.07, 6.45) is 5.13. The van der Waals surface area contributed by atoms with Crippen molar-refractivity contribution in [1.82, 2.24) is 15.5 Å². The van der Waals surface area contributed by atoms with Crippen molar-refractivity contribution in [3.05, 3.63) is 0 Å². The van der Waals surface area contributed by atoms with Gasteiger partial charge in [-0.3, -0.25) is 9.59 Å². The lowest BCUT2D eigenvalue weighted by Gasteiger charge is -2.39. The molecule has 2 saturated heterocycles. The maximum Gasteiger partial charge on any atom is 0.228 e. The van der Waals surface area contributed by atoms with E-state index in [9.17, 15) is 9.59 Å². The van der Waals surface area contributed by atoms with Crippen molar-refractivity contribution in [1.29, 1.82) is 0 Å². The molecule has 152 valence electrons. The van der Waals surface area contributed by atoms with Crippen LogP contribution in [0.2, 0.25) is 0 Å². The number of ether oxygens (including phenoxy) is 1. The summed E-state index contributed by atoms with van der Waals surface area (Å²) < 4.78 is 5.35. The van der Waals surface area contributed by atoms with E-state index in [0.29, 0.717) is 6.61 Å². The van der Waals surface area contributed by atoms with Crippen molar-refractivity contribution in [3.8, 4) is 0 Å². The Hall–Kier alpha value is -0.850. The molecular formula is C19H36ClN3O3. The summed E-state index contributed by atoms with van der Waals surface area (Å²) in [5.41, 5.74) is -0.400. The van der Waals surface area contributed by atoms with Gasteiger partial charge in [0, 0.05) is 32.2 Å². The second-order valence-electron chi connectivity index (χ2n) is 7.55. The third kappa shape index (κ3) is 5.57. The number of hydrogen-bond donors (Lipinski definition) is 2. The Morgan fingerprint density at radius 2 is 1.77 bits per heavy atom. The molecule has 0 bridgehead atoms. The molecule has 26 heavy (non-hydrogen) atoms. The van der Waals surface area contributed by atoms with Crippen LogP contribution in [-0.4, -0.2) is 62.7 Å². The lowest BCUT2D eigenvalue weighted by Crippen LogP contribution is -2.54. The number of hydrogen-bond acceptors (Lipinski definition) is 4. The molecule has 2 N–H and O–H groups in total. The van der Waals surface area contributed by atoms with E-state index in [4.69, 9.17) is 4.74 Å². The molecule has 2 aliphatic heterocycles. The van der Waals surface area contributed by atoms with Gasteiger partial charge in [0.05, 0.1) is 12.0 Å². The molecule has 2 rings (SSSR count). The quantitative estimate of drug-likeness (QED) is 0.698. The molecule has 2 aliphatic rings. The topological polar surface area (TPSA) is 70.7 Å². The third-order valence-electron chi connectivity index (χ3n) is 5.94. The molecule has 0 aliphatic carbocycles. The van der Waals surface area contributed by atoms with Crippen molar-refractivity contribution in [2.45, 2.75) is 58.4 Å². The van der Waals surface area contributed by atoms with Crippen LogP contribution in [0.4, 0.5) is 0 Å². The zero-order chi connectivity index (χ0) is 18.3.